The second-order valence-corrected chi connectivity index (χ2v) is 5.34. The number of hydrogen-bond acceptors (Lipinski definition) is 6. The lowest BCUT2D eigenvalue weighted by Crippen LogP contribution is -2.04. The Labute approximate surface area is 147 Å². The van der Waals surface area contributed by atoms with Gasteiger partial charge in [-0.15, -0.1) is 0 Å². The van der Waals surface area contributed by atoms with E-state index in [9.17, 15) is 10.1 Å². The summed E-state index contributed by atoms with van der Waals surface area (Å²) in [5.74, 6) is 1.22. The number of para-hydroxylation sites is 1. The van der Waals surface area contributed by atoms with Crippen molar-refractivity contribution >= 4 is 24.1 Å². The molecule has 2 aromatic carbocycles. The van der Waals surface area contributed by atoms with Gasteiger partial charge in [0.05, 0.1) is 11.1 Å². The predicted molar refractivity (Wildman–Crippen MR) is 94.3 cm³/mol. The average Bonchev–Trinajstić information content (AvgIpc) is 2.99. The van der Waals surface area contributed by atoms with Crippen molar-refractivity contribution in [2.75, 3.05) is 0 Å². The standard InChI is InChI=1S/C16H13N5O3S/c22-21(23)13-8-6-12(7-9-13)10-17-20-15(18-19-16(20)25)11-24-14-4-2-1-3-5-14/h1-10H,11H2,(H,19,25). The summed E-state index contributed by atoms with van der Waals surface area (Å²) in [5, 5.41) is 21.7. The molecule has 1 heterocycles. The molecule has 0 fully saturated rings. The molecule has 1 N–H and O–H groups in total. The van der Waals surface area contributed by atoms with Gasteiger partial charge >= 0.3 is 0 Å². The first-order valence-corrected chi connectivity index (χ1v) is 7.67. The van der Waals surface area contributed by atoms with Crippen LogP contribution in [-0.2, 0) is 6.61 Å². The maximum Gasteiger partial charge on any atom is 0.269 e. The molecule has 0 aliphatic rings. The summed E-state index contributed by atoms with van der Waals surface area (Å²) in [6.45, 7) is 0.189. The summed E-state index contributed by atoms with van der Waals surface area (Å²) < 4.78 is 7.41. The summed E-state index contributed by atoms with van der Waals surface area (Å²) in [7, 11) is 0. The van der Waals surface area contributed by atoms with Gasteiger partial charge in [-0.1, -0.05) is 18.2 Å². The molecule has 1 aromatic heterocycles. The van der Waals surface area contributed by atoms with Crippen molar-refractivity contribution in [3.05, 3.63) is 80.9 Å². The molecular weight excluding hydrogens is 342 g/mol. The third-order valence-corrected chi connectivity index (χ3v) is 3.52. The molecule has 0 radical (unpaired) electrons. The maximum atomic E-state index is 10.7. The molecule has 0 aliphatic carbocycles. The highest BCUT2D eigenvalue weighted by Gasteiger charge is 2.07. The first-order chi connectivity index (χ1) is 12.1. The molecule has 9 heteroatoms. The van der Waals surface area contributed by atoms with Crippen LogP contribution in [0.2, 0.25) is 0 Å². The van der Waals surface area contributed by atoms with Crippen LogP contribution in [-0.4, -0.2) is 26.0 Å². The van der Waals surface area contributed by atoms with Gasteiger partial charge in [-0.25, -0.2) is 5.10 Å². The molecule has 0 saturated carbocycles. The van der Waals surface area contributed by atoms with Crippen molar-refractivity contribution in [3.8, 4) is 5.75 Å². The Balaban J connectivity index is 1.75. The van der Waals surface area contributed by atoms with E-state index in [0.29, 0.717) is 21.9 Å². The van der Waals surface area contributed by atoms with Crippen LogP contribution < -0.4 is 4.74 Å². The Kier molecular flexibility index (Phi) is 4.95. The Morgan fingerprint density at radius 2 is 1.96 bits per heavy atom. The van der Waals surface area contributed by atoms with Crippen LogP contribution in [0.25, 0.3) is 0 Å². The van der Waals surface area contributed by atoms with Gasteiger partial charge in [0, 0.05) is 12.1 Å². The smallest absolute Gasteiger partial charge is 0.269 e. The fourth-order valence-electron chi connectivity index (χ4n) is 2.01. The van der Waals surface area contributed by atoms with Gasteiger partial charge in [-0.2, -0.15) is 14.9 Å². The summed E-state index contributed by atoms with van der Waals surface area (Å²) in [4.78, 5) is 10.2. The van der Waals surface area contributed by atoms with E-state index >= 15 is 0 Å². The first-order valence-electron chi connectivity index (χ1n) is 7.26. The van der Waals surface area contributed by atoms with Gasteiger partial charge in [0.25, 0.3) is 5.69 Å². The van der Waals surface area contributed by atoms with Gasteiger partial charge < -0.3 is 4.74 Å². The number of ether oxygens (including phenoxy) is 1. The molecule has 3 rings (SSSR count). The van der Waals surface area contributed by atoms with E-state index in [-0.39, 0.29) is 12.3 Å². The number of benzene rings is 2. The van der Waals surface area contributed by atoms with Gasteiger partial charge in [0.2, 0.25) is 4.77 Å². The zero-order chi connectivity index (χ0) is 17.6. The number of non-ortho nitro benzene ring substituents is 1. The second-order valence-electron chi connectivity index (χ2n) is 4.95. The van der Waals surface area contributed by atoms with Crippen LogP contribution in [0.4, 0.5) is 5.69 Å². The third-order valence-electron chi connectivity index (χ3n) is 3.25. The molecule has 3 aromatic rings. The fourth-order valence-corrected chi connectivity index (χ4v) is 2.21. The summed E-state index contributed by atoms with van der Waals surface area (Å²) >= 11 is 5.16. The average molecular weight is 355 g/mol. The quantitative estimate of drug-likeness (QED) is 0.316. The van der Waals surface area contributed by atoms with Crippen molar-refractivity contribution in [1.29, 1.82) is 0 Å². The second kappa shape index (κ2) is 7.49. The van der Waals surface area contributed by atoms with E-state index in [1.54, 1.807) is 18.3 Å². The molecule has 0 unspecified atom stereocenters. The van der Waals surface area contributed by atoms with E-state index in [2.05, 4.69) is 15.3 Å². The Morgan fingerprint density at radius 3 is 2.64 bits per heavy atom. The van der Waals surface area contributed by atoms with Crippen molar-refractivity contribution < 1.29 is 9.66 Å². The van der Waals surface area contributed by atoms with Crippen molar-refractivity contribution in [3.63, 3.8) is 0 Å². The number of rotatable bonds is 6. The number of nitrogens with one attached hydrogen (secondary N) is 1. The van der Waals surface area contributed by atoms with Crippen LogP contribution in [0, 0.1) is 14.9 Å². The topological polar surface area (TPSA) is 98.3 Å². The lowest BCUT2D eigenvalue weighted by atomic mass is 10.2. The number of nitro groups is 1. The van der Waals surface area contributed by atoms with Crippen LogP contribution >= 0.6 is 12.2 Å². The van der Waals surface area contributed by atoms with Crippen LogP contribution in [0.15, 0.2) is 59.7 Å². The monoisotopic (exact) mass is 355 g/mol. The highest BCUT2D eigenvalue weighted by atomic mass is 32.1. The fraction of sp³-hybridized carbons (Fsp3) is 0.0625. The van der Waals surface area contributed by atoms with Gasteiger partial charge in [0.15, 0.2) is 5.82 Å². The maximum absolute atomic E-state index is 10.7. The number of aromatic nitrogens is 3. The van der Waals surface area contributed by atoms with Gasteiger partial charge in [-0.3, -0.25) is 10.1 Å². The molecule has 8 nitrogen and oxygen atoms in total. The Hall–Kier alpha value is -3.33. The van der Waals surface area contributed by atoms with Crippen molar-refractivity contribution in [2.45, 2.75) is 6.61 Å². The first kappa shape index (κ1) is 16.5. The molecular formula is C16H13N5O3S. The number of H-pyrrole nitrogens is 1. The summed E-state index contributed by atoms with van der Waals surface area (Å²) in [6.07, 6.45) is 1.54. The summed E-state index contributed by atoms with van der Waals surface area (Å²) in [5.41, 5.74) is 0.720. The number of hydrogen-bond donors (Lipinski definition) is 1. The summed E-state index contributed by atoms with van der Waals surface area (Å²) in [6, 6.07) is 15.4. The van der Waals surface area contributed by atoms with Crippen LogP contribution in [0.5, 0.6) is 5.75 Å². The number of nitrogens with zero attached hydrogens (tertiary/aromatic N) is 4. The molecule has 126 valence electrons. The zero-order valence-electron chi connectivity index (χ0n) is 12.9. The molecule has 0 saturated heterocycles. The number of aromatic amines is 1. The van der Waals surface area contributed by atoms with Crippen LogP contribution in [0.3, 0.4) is 0 Å². The highest BCUT2D eigenvalue weighted by molar-refractivity contribution is 7.71. The normalized spacial score (nSPS) is 10.9. The lowest BCUT2D eigenvalue weighted by molar-refractivity contribution is -0.384. The molecule has 0 aliphatic heterocycles. The van der Waals surface area contributed by atoms with E-state index in [1.165, 1.54) is 16.8 Å². The van der Waals surface area contributed by atoms with Crippen LogP contribution in [0.1, 0.15) is 11.4 Å². The molecule has 0 spiro atoms. The molecule has 0 bridgehead atoms. The minimum atomic E-state index is -0.452. The third kappa shape index (κ3) is 4.15. The van der Waals surface area contributed by atoms with Crippen molar-refractivity contribution in [1.82, 2.24) is 14.9 Å². The highest BCUT2D eigenvalue weighted by Crippen LogP contribution is 2.12. The molecule has 25 heavy (non-hydrogen) atoms. The van der Waals surface area contributed by atoms with E-state index in [4.69, 9.17) is 17.0 Å². The predicted octanol–water partition coefficient (Wildman–Crippen LogP) is 3.31. The zero-order valence-corrected chi connectivity index (χ0v) is 13.7. The number of nitro benzene ring substituents is 1. The minimum absolute atomic E-state index is 0.0222. The lowest BCUT2D eigenvalue weighted by Gasteiger charge is -2.04. The largest absolute Gasteiger partial charge is 0.486 e. The molecule has 0 atom stereocenters. The van der Waals surface area contributed by atoms with Crippen molar-refractivity contribution in [2.24, 2.45) is 5.10 Å². The van der Waals surface area contributed by atoms with Gasteiger partial charge in [0.1, 0.15) is 12.4 Å². The Bertz CT molecular complexity index is 948. The SMILES string of the molecule is O=[N+]([O-])c1ccc(C=Nn2c(COc3ccccc3)n[nH]c2=S)cc1. The van der Waals surface area contributed by atoms with E-state index in [1.807, 2.05) is 30.3 Å². The Morgan fingerprint density at radius 1 is 1.24 bits per heavy atom. The van der Waals surface area contributed by atoms with E-state index < -0.39 is 4.92 Å². The minimum Gasteiger partial charge on any atom is -0.486 e. The molecule has 0 amide bonds. The van der Waals surface area contributed by atoms with Gasteiger partial charge in [-0.05, 0) is 42.0 Å². The van der Waals surface area contributed by atoms with E-state index in [0.717, 1.165) is 0 Å².